The van der Waals surface area contributed by atoms with Crippen LogP contribution in [0, 0.1) is 0 Å². The minimum absolute atomic E-state index is 0.189. The molecule has 2 heterocycles. The van der Waals surface area contributed by atoms with Gasteiger partial charge in [0.05, 0.1) is 35.2 Å². The number of aromatic amines is 1. The number of H-pyrrole nitrogens is 1. The number of rotatable bonds is 10. The normalized spacial score (nSPS) is 12.5. The van der Waals surface area contributed by atoms with Crippen LogP contribution in [0.25, 0.3) is 16.9 Å². The largest absolute Gasteiger partial charge is 0.494 e. The van der Waals surface area contributed by atoms with Crippen LogP contribution in [0.15, 0.2) is 66.1 Å². The topological polar surface area (TPSA) is 120 Å². The minimum Gasteiger partial charge on any atom is -0.494 e. The van der Waals surface area contributed by atoms with Crippen LogP contribution in [-0.4, -0.2) is 71.6 Å². The molecule has 0 aliphatic heterocycles. The molecule has 37 heavy (non-hydrogen) atoms. The molecule has 3 N–H and O–H groups in total. The predicted octanol–water partition coefficient (Wildman–Crippen LogP) is 2.98. The van der Waals surface area contributed by atoms with Crippen molar-refractivity contribution in [2.75, 3.05) is 56.8 Å². The second-order valence-corrected chi connectivity index (χ2v) is 8.25. The monoisotopic (exact) mass is 505 g/mol. The van der Waals surface area contributed by atoms with Crippen molar-refractivity contribution in [1.29, 1.82) is 0 Å². The number of hydrogen-bond donors (Lipinski definition) is 3. The molecule has 2 aromatic carbocycles. The summed E-state index contributed by atoms with van der Waals surface area (Å²) >= 11 is 0. The molecule has 11 heteroatoms. The lowest BCUT2D eigenvalue weighted by atomic mass is 10.2. The number of likely N-dealkylation sites (N-methyl/N-ethyl adjacent to an activating group) is 2. The highest BCUT2D eigenvalue weighted by molar-refractivity contribution is 6.02. The van der Waals surface area contributed by atoms with E-state index in [2.05, 4.69) is 32.2 Å². The van der Waals surface area contributed by atoms with E-state index in [-0.39, 0.29) is 18.2 Å². The molecule has 0 radical (unpaired) electrons. The Morgan fingerprint density at radius 3 is 2.81 bits per heavy atom. The molecule has 4 rings (SSSR count). The fourth-order valence-electron chi connectivity index (χ4n) is 3.79. The molecular formula is C26H30N8O3. The molecule has 0 saturated heterocycles. The Balaban J connectivity index is 1.69. The maximum absolute atomic E-state index is 12.7. The number of aromatic nitrogens is 4. The molecule has 4 aromatic rings. The molecule has 0 fully saturated rings. The van der Waals surface area contributed by atoms with Gasteiger partial charge in [0.25, 0.3) is 0 Å². The zero-order chi connectivity index (χ0) is 29.0. The summed E-state index contributed by atoms with van der Waals surface area (Å²) in [7, 11) is 4.80. The number of anilines is 4. The van der Waals surface area contributed by atoms with Crippen molar-refractivity contribution in [3.05, 3.63) is 71.8 Å². The fourth-order valence-corrected chi connectivity index (χ4v) is 3.79. The van der Waals surface area contributed by atoms with Gasteiger partial charge in [-0.3, -0.25) is 4.79 Å². The quantitative estimate of drug-likeness (QED) is 0.281. The van der Waals surface area contributed by atoms with Crippen LogP contribution in [0.1, 0.15) is 4.11 Å². The van der Waals surface area contributed by atoms with Gasteiger partial charge >= 0.3 is 5.69 Å². The van der Waals surface area contributed by atoms with Crippen LogP contribution in [0.2, 0.25) is 0 Å². The summed E-state index contributed by atoms with van der Waals surface area (Å²) < 4.78 is 29.8. The second-order valence-electron chi connectivity index (χ2n) is 8.25. The van der Waals surface area contributed by atoms with E-state index in [1.807, 2.05) is 23.1 Å². The number of imidazole rings is 1. The van der Waals surface area contributed by atoms with Crippen LogP contribution in [0.4, 0.5) is 23.0 Å². The zero-order valence-corrected chi connectivity index (χ0v) is 20.8. The molecule has 0 saturated carbocycles. The maximum Gasteiger partial charge on any atom is 0.332 e. The molecule has 0 spiro atoms. The summed E-state index contributed by atoms with van der Waals surface area (Å²) in [6, 6.07) is 12.3. The lowest BCUT2D eigenvalue weighted by molar-refractivity contribution is -0.111. The highest BCUT2D eigenvalue weighted by Crippen LogP contribution is 2.38. The third-order valence-electron chi connectivity index (χ3n) is 5.65. The first-order chi connectivity index (χ1) is 19.0. The Morgan fingerprint density at radius 2 is 2.05 bits per heavy atom. The van der Waals surface area contributed by atoms with Crippen molar-refractivity contribution in [1.82, 2.24) is 24.4 Å². The molecule has 0 aliphatic rings. The van der Waals surface area contributed by atoms with Gasteiger partial charge in [-0.25, -0.2) is 14.3 Å². The number of methoxy groups -OCH3 is 1. The number of ether oxygens (including phenoxy) is 1. The Kier molecular flexibility index (Phi) is 6.41. The summed E-state index contributed by atoms with van der Waals surface area (Å²) in [5, 5.41) is 5.90. The number of nitrogens with one attached hydrogen (secondary N) is 3. The number of nitrogens with zero attached hydrogens (tertiary/aromatic N) is 5. The van der Waals surface area contributed by atoms with Crippen LogP contribution in [-0.2, 0) is 4.79 Å². The van der Waals surface area contributed by atoms with Gasteiger partial charge in [0.1, 0.15) is 11.6 Å². The number of amides is 1. The van der Waals surface area contributed by atoms with E-state index in [1.165, 1.54) is 29.8 Å². The van der Waals surface area contributed by atoms with Gasteiger partial charge in [-0.15, -0.1) is 0 Å². The van der Waals surface area contributed by atoms with E-state index in [0.29, 0.717) is 46.2 Å². The molecule has 11 nitrogen and oxygen atoms in total. The van der Waals surface area contributed by atoms with Gasteiger partial charge in [0.2, 0.25) is 11.9 Å². The van der Waals surface area contributed by atoms with Gasteiger partial charge in [0, 0.05) is 42.6 Å². The summed E-state index contributed by atoms with van der Waals surface area (Å²) in [5.41, 5.74) is 2.47. The number of fused-ring (bicyclic) bond motifs is 1. The first-order valence-electron chi connectivity index (χ1n) is 12.9. The van der Waals surface area contributed by atoms with Crippen LogP contribution in [0.5, 0.6) is 5.75 Å². The van der Waals surface area contributed by atoms with Crippen molar-refractivity contribution in [2.45, 2.75) is 0 Å². The van der Waals surface area contributed by atoms with Crippen molar-refractivity contribution >= 4 is 40.0 Å². The molecule has 0 aliphatic carbocycles. The molecule has 0 bridgehead atoms. The Labute approximate surface area is 218 Å². The third-order valence-corrected chi connectivity index (χ3v) is 5.65. The SMILES string of the molecule is [2H]C([2H])([2H])N(C)CCN(C)c1cc(OC)c(Nc2nccc(-n3c(=O)[nH]c4ccccc43)n2)cc1NC(=O)C=C. The maximum atomic E-state index is 12.7. The average Bonchev–Trinajstić information content (AvgIpc) is 3.26. The Bertz CT molecular complexity index is 1600. The lowest BCUT2D eigenvalue weighted by Gasteiger charge is -2.26. The Hall–Kier alpha value is -4.64. The lowest BCUT2D eigenvalue weighted by Crippen LogP contribution is -2.29. The van der Waals surface area contributed by atoms with E-state index in [0.717, 1.165) is 6.08 Å². The molecule has 192 valence electrons. The number of benzene rings is 2. The smallest absolute Gasteiger partial charge is 0.332 e. The first kappa shape index (κ1) is 21.6. The summed E-state index contributed by atoms with van der Waals surface area (Å²) in [6.07, 6.45) is 2.67. The fraction of sp³-hybridized carbons (Fsp3) is 0.231. The molecule has 2 aromatic heterocycles. The van der Waals surface area contributed by atoms with Gasteiger partial charge in [0.15, 0.2) is 0 Å². The van der Waals surface area contributed by atoms with Crippen molar-refractivity contribution in [3.63, 3.8) is 0 Å². The number of para-hydroxylation sites is 2. The van der Waals surface area contributed by atoms with Crippen LogP contribution in [0.3, 0.4) is 0 Å². The number of carbonyl (C=O) groups excluding carboxylic acids is 1. The average molecular weight is 506 g/mol. The minimum atomic E-state index is -2.22. The standard InChI is InChI=1S/C26H30N8O3/c1-6-24(35)28-18-15-19(22(37-5)16-21(18)33(4)14-13-32(2)3)29-25-27-12-11-23(31-25)34-20-10-8-7-9-17(20)30-26(34)36/h6-12,15-16H,1,13-14H2,2-5H3,(H,28,35)(H,30,36)(H,27,29,31)/i2D3. The van der Waals surface area contributed by atoms with Crippen LogP contribution >= 0.6 is 0 Å². The molecule has 1 amide bonds. The van der Waals surface area contributed by atoms with Crippen molar-refractivity contribution < 1.29 is 13.6 Å². The predicted molar refractivity (Wildman–Crippen MR) is 146 cm³/mol. The van der Waals surface area contributed by atoms with E-state index in [4.69, 9.17) is 8.85 Å². The first-order valence-corrected chi connectivity index (χ1v) is 11.4. The number of hydrogen-bond acceptors (Lipinski definition) is 8. The van der Waals surface area contributed by atoms with E-state index in [9.17, 15) is 9.59 Å². The van der Waals surface area contributed by atoms with Crippen molar-refractivity contribution in [3.8, 4) is 11.6 Å². The zero-order valence-electron chi connectivity index (χ0n) is 23.8. The summed E-state index contributed by atoms with van der Waals surface area (Å²) in [5.74, 6) is 0.534. The second kappa shape index (κ2) is 11.0. The number of carbonyl (C=O) groups is 1. The van der Waals surface area contributed by atoms with Gasteiger partial charge in [-0.05, 0) is 38.3 Å². The third kappa shape index (κ3) is 5.62. The molecule has 0 atom stereocenters. The van der Waals surface area contributed by atoms with E-state index >= 15 is 0 Å². The van der Waals surface area contributed by atoms with Gasteiger partial charge in [-0.1, -0.05) is 18.7 Å². The highest BCUT2D eigenvalue weighted by atomic mass is 16.5. The van der Waals surface area contributed by atoms with Gasteiger partial charge < -0.3 is 30.2 Å². The van der Waals surface area contributed by atoms with Gasteiger partial charge in [-0.2, -0.15) is 4.98 Å². The van der Waals surface area contributed by atoms with Crippen molar-refractivity contribution in [2.24, 2.45) is 0 Å². The highest BCUT2D eigenvalue weighted by Gasteiger charge is 2.17. The van der Waals surface area contributed by atoms with Crippen LogP contribution < -0.4 is 26.0 Å². The summed E-state index contributed by atoms with van der Waals surface area (Å²) in [4.78, 5) is 39.6. The molecular weight excluding hydrogens is 472 g/mol. The summed E-state index contributed by atoms with van der Waals surface area (Å²) in [6.45, 7) is 1.90. The van der Waals surface area contributed by atoms with E-state index < -0.39 is 12.9 Å². The van der Waals surface area contributed by atoms with E-state index in [1.54, 1.807) is 31.3 Å². The molecule has 0 unspecified atom stereocenters. The Morgan fingerprint density at radius 1 is 1.24 bits per heavy atom.